The number of aliphatic hydroxyl groups is 1. The van der Waals surface area contributed by atoms with Crippen molar-refractivity contribution in [3.05, 3.63) is 42.0 Å². The van der Waals surface area contributed by atoms with Crippen LogP contribution in [0.15, 0.2) is 36.4 Å². The maximum atomic E-state index is 9.18. The number of rotatable bonds is 5. The van der Waals surface area contributed by atoms with E-state index in [1.165, 1.54) is 16.3 Å². The maximum absolute atomic E-state index is 9.18. The first-order chi connectivity index (χ1) is 8.69. The molecular formula is C15H19NO2. The van der Waals surface area contributed by atoms with Crippen LogP contribution >= 0.6 is 0 Å². The van der Waals surface area contributed by atoms with E-state index in [9.17, 15) is 5.11 Å². The molecule has 0 aromatic heterocycles. The predicted molar refractivity (Wildman–Crippen MR) is 73.9 cm³/mol. The summed E-state index contributed by atoms with van der Waals surface area (Å²) in [5.74, 6) is 0.877. The van der Waals surface area contributed by atoms with Gasteiger partial charge in [0.2, 0.25) is 0 Å². The van der Waals surface area contributed by atoms with Gasteiger partial charge in [-0.25, -0.2) is 0 Å². The van der Waals surface area contributed by atoms with Crippen molar-refractivity contribution in [2.75, 3.05) is 13.7 Å². The van der Waals surface area contributed by atoms with E-state index in [-0.39, 0.29) is 6.10 Å². The molecule has 2 rings (SSSR count). The first-order valence-electron chi connectivity index (χ1n) is 6.14. The Balaban J connectivity index is 2.12. The van der Waals surface area contributed by atoms with Crippen molar-refractivity contribution in [3.8, 4) is 5.75 Å². The Kier molecular flexibility index (Phi) is 4.18. The highest BCUT2D eigenvalue weighted by molar-refractivity contribution is 5.84. The minimum atomic E-state index is -0.310. The first kappa shape index (κ1) is 12.9. The summed E-state index contributed by atoms with van der Waals surface area (Å²) in [5, 5.41) is 14.8. The van der Waals surface area contributed by atoms with Gasteiger partial charge in [-0.05, 0) is 41.5 Å². The van der Waals surface area contributed by atoms with Crippen molar-refractivity contribution in [1.82, 2.24) is 5.32 Å². The Morgan fingerprint density at radius 1 is 1.17 bits per heavy atom. The molecule has 0 aliphatic carbocycles. The van der Waals surface area contributed by atoms with Gasteiger partial charge in [0.05, 0.1) is 13.2 Å². The third kappa shape index (κ3) is 3.22. The monoisotopic (exact) mass is 245 g/mol. The van der Waals surface area contributed by atoms with Gasteiger partial charge in [0.1, 0.15) is 5.75 Å². The molecule has 2 N–H and O–H groups in total. The second-order valence-corrected chi connectivity index (χ2v) is 4.53. The second-order valence-electron chi connectivity index (χ2n) is 4.53. The van der Waals surface area contributed by atoms with E-state index < -0.39 is 0 Å². The molecule has 0 fully saturated rings. The molecule has 3 heteroatoms. The average Bonchev–Trinajstić information content (AvgIpc) is 2.37. The number of benzene rings is 2. The summed E-state index contributed by atoms with van der Waals surface area (Å²) in [5.41, 5.74) is 1.22. The van der Waals surface area contributed by atoms with Crippen molar-refractivity contribution in [2.24, 2.45) is 0 Å². The molecule has 0 heterocycles. The van der Waals surface area contributed by atoms with Crippen LogP contribution in [0.5, 0.6) is 5.75 Å². The highest BCUT2D eigenvalue weighted by Gasteiger charge is 2.00. The topological polar surface area (TPSA) is 41.5 Å². The fourth-order valence-corrected chi connectivity index (χ4v) is 1.94. The van der Waals surface area contributed by atoms with E-state index in [1.54, 1.807) is 14.0 Å². The summed E-state index contributed by atoms with van der Waals surface area (Å²) in [6.07, 6.45) is -0.310. The molecule has 0 amide bonds. The van der Waals surface area contributed by atoms with Gasteiger partial charge < -0.3 is 15.2 Å². The molecule has 0 bridgehead atoms. The zero-order valence-corrected chi connectivity index (χ0v) is 10.8. The SMILES string of the molecule is COc1ccc2cc(CNC[C@@H](C)O)ccc2c1. The Morgan fingerprint density at radius 2 is 1.89 bits per heavy atom. The van der Waals surface area contributed by atoms with Gasteiger partial charge in [0, 0.05) is 13.1 Å². The lowest BCUT2D eigenvalue weighted by Crippen LogP contribution is -2.23. The third-order valence-electron chi connectivity index (χ3n) is 2.88. The van der Waals surface area contributed by atoms with Crippen LogP contribution in [-0.4, -0.2) is 24.9 Å². The van der Waals surface area contributed by atoms with Gasteiger partial charge in [-0.2, -0.15) is 0 Å². The van der Waals surface area contributed by atoms with Crippen LogP contribution in [0.4, 0.5) is 0 Å². The number of methoxy groups -OCH3 is 1. The van der Waals surface area contributed by atoms with E-state index in [1.807, 2.05) is 12.1 Å². The van der Waals surface area contributed by atoms with Crippen LogP contribution in [0.2, 0.25) is 0 Å². The van der Waals surface area contributed by atoms with Crippen LogP contribution in [0.1, 0.15) is 12.5 Å². The lowest BCUT2D eigenvalue weighted by atomic mass is 10.1. The van der Waals surface area contributed by atoms with Gasteiger partial charge in [0.25, 0.3) is 0 Å². The minimum Gasteiger partial charge on any atom is -0.497 e. The zero-order chi connectivity index (χ0) is 13.0. The molecular weight excluding hydrogens is 226 g/mol. The van der Waals surface area contributed by atoms with E-state index in [4.69, 9.17) is 4.74 Å². The standard InChI is InChI=1S/C15H19NO2/c1-11(17)9-16-10-12-3-4-14-8-15(18-2)6-5-13(14)7-12/h3-8,11,16-17H,9-10H2,1-2H3/t11-/m1/s1. The number of aliphatic hydroxyl groups excluding tert-OH is 1. The lowest BCUT2D eigenvalue weighted by molar-refractivity contribution is 0.191. The Labute approximate surface area is 107 Å². The fraction of sp³-hybridized carbons (Fsp3) is 0.333. The number of hydrogen-bond acceptors (Lipinski definition) is 3. The van der Waals surface area contributed by atoms with Crippen LogP contribution in [0.25, 0.3) is 10.8 Å². The molecule has 0 spiro atoms. The lowest BCUT2D eigenvalue weighted by Gasteiger charge is -2.08. The van der Waals surface area contributed by atoms with Crippen molar-refractivity contribution >= 4 is 10.8 Å². The summed E-state index contributed by atoms with van der Waals surface area (Å²) in [4.78, 5) is 0. The second kappa shape index (κ2) is 5.85. The first-order valence-corrected chi connectivity index (χ1v) is 6.14. The predicted octanol–water partition coefficient (Wildman–Crippen LogP) is 2.32. The van der Waals surface area contributed by atoms with Crippen molar-refractivity contribution < 1.29 is 9.84 Å². The summed E-state index contributed by atoms with van der Waals surface area (Å²) < 4.78 is 5.20. The Morgan fingerprint density at radius 3 is 2.61 bits per heavy atom. The third-order valence-corrected chi connectivity index (χ3v) is 2.88. The zero-order valence-electron chi connectivity index (χ0n) is 10.8. The Hall–Kier alpha value is -1.58. The molecule has 0 saturated carbocycles. The van der Waals surface area contributed by atoms with Crippen LogP contribution in [-0.2, 0) is 6.54 Å². The summed E-state index contributed by atoms with van der Waals surface area (Å²) >= 11 is 0. The molecule has 96 valence electrons. The largest absolute Gasteiger partial charge is 0.497 e. The number of fused-ring (bicyclic) bond motifs is 1. The molecule has 0 aliphatic heterocycles. The smallest absolute Gasteiger partial charge is 0.119 e. The molecule has 0 saturated heterocycles. The van der Waals surface area contributed by atoms with Gasteiger partial charge >= 0.3 is 0 Å². The number of ether oxygens (including phenoxy) is 1. The van der Waals surface area contributed by atoms with Crippen molar-refractivity contribution in [3.63, 3.8) is 0 Å². The van der Waals surface area contributed by atoms with Gasteiger partial charge in [-0.1, -0.05) is 18.2 Å². The van der Waals surface area contributed by atoms with Crippen LogP contribution in [0.3, 0.4) is 0 Å². The van der Waals surface area contributed by atoms with Crippen LogP contribution < -0.4 is 10.1 Å². The van der Waals surface area contributed by atoms with Gasteiger partial charge in [-0.15, -0.1) is 0 Å². The van der Waals surface area contributed by atoms with Gasteiger partial charge in [0.15, 0.2) is 0 Å². The van der Waals surface area contributed by atoms with Crippen molar-refractivity contribution in [1.29, 1.82) is 0 Å². The molecule has 0 radical (unpaired) electrons. The fourth-order valence-electron chi connectivity index (χ4n) is 1.94. The van der Waals surface area contributed by atoms with E-state index in [0.29, 0.717) is 6.54 Å². The van der Waals surface area contributed by atoms with E-state index in [2.05, 4.69) is 29.6 Å². The minimum absolute atomic E-state index is 0.310. The number of hydrogen-bond donors (Lipinski definition) is 2. The average molecular weight is 245 g/mol. The molecule has 0 aliphatic rings. The normalized spacial score (nSPS) is 12.6. The van der Waals surface area contributed by atoms with Crippen molar-refractivity contribution in [2.45, 2.75) is 19.6 Å². The van der Waals surface area contributed by atoms with Crippen LogP contribution in [0, 0.1) is 0 Å². The highest BCUT2D eigenvalue weighted by atomic mass is 16.5. The summed E-state index contributed by atoms with van der Waals surface area (Å²) in [7, 11) is 1.68. The van der Waals surface area contributed by atoms with Gasteiger partial charge in [-0.3, -0.25) is 0 Å². The number of nitrogens with one attached hydrogen (secondary N) is 1. The van der Waals surface area contributed by atoms with E-state index >= 15 is 0 Å². The molecule has 0 unspecified atom stereocenters. The molecule has 2 aromatic rings. The summed E-state index contributed by atoms with van der Waals surface area (Å²) in [6.45, 7) is 3.16. The highest BCUT2D eigenvalue weighted by Crippen LogP contribution is 2.21. The molecule has 1 atom stereocenters. The maximum Gasteiger partial charge on any atom is 0.119 e. The quantitative estimate of drug-likeness (QED) is 0.849. The Bertz CT molecular complexity index is 523. The summed E-state index contributed by atoms with van der Waals surface area (Å²) in [6, 6.07) is 12.4. The molecule has 2 aromatic carbocycles. The molecule has 18 heavy (non-hydrogen) atoms. The van der Waals surface area contributed by atoms with E-state index in [0.717, 1.165) is 12.3 Å². The molecule has 3 nitrogen and oxygen atoms in total.